The van der Waals surface area contributed by atoms with E-state index in [9.17, 15) is 19.6 Å². The maximum atomic E-state index is 13.2. The van der Waals surface area contributed by atoms with Crippen LogP contribution in [0.5, 0.6) is 0 Å². The number of piperidine rings is 1. The maximum absolute atomic E-state index is 13.2. The molecule has 4 aliphatic rings. The van der Waals surface area contributed by atoms with Gasteiger partial charge in [-0.2, -0.15) is 5.26 Å². The fraction of sp³-hybridized carbons (Fsp3) is 0.583. The molecule has 2 N–H and O–H groups in total. The van der Waals surface area contributed by atoms with Gasteiger partial charge in [-0.1, -0.05) is 19.1 Å². The zero-order valence-corrected chi connectivity index (χ0v) is 18.5. The van der Waals surface area contributed by atoms with Gasteiger partial charge in [0.25, 0.3) is 0 Å². The number of nitriles is 1. The van der Waals surface area contributed by atoms with Crippen LogP contribution >= 0.6 is 0 Å². The van der Waals surface area contributed by atoms with Crippen molar-refractivity contribution >= 4 is 17.7 Å². The molecule has 1 aromatic carbocycles. The van der Waals surface area contributed by atoms with Gasteiger partial charge in [0.1, 0.15) is 6.04 Å². The Bertz CT molecular complexity index is 1020. The van der Waals surface area contributed by atoms with E-state index in [1.54, 1.807) is 18.2 Å². The van der Waals surface area contributed by atoms with Gasteiger partial charge in [0.2, 0.25) is 17.7 Å². The summed E-state index contributed by atoms with van der Waals surface area (Å²) in [6.45, 7) is 5.17. The van der Waals surface area contributed by atoms with E-state index >= 15 is 0 Å². The fourth-order valence-electron chi connectivity index (χ4n) is 6.08. The first-order chi connectivity index (χ1) is 15.3. The second kappa shape index (κ2) is 7.59. The molecule has 168 valence electrons. The van der Waals surface area contributed by atoms with E-state index in [1.807, 2.05) is 29.7 Å². The lowest BCUT2D eigenvalue weighted by molar-refractivity contribution is -0.142. The van der Waals surface area contributed by atoms with Crippen molar-refractivity contribution in [2.75, 3.05) is 13.1 Å². The highest BCUT2D eigenvalue weighted by Crippen LogP contribution is 2.48. The standard InChI is InChI=1S/C24H29N5O3/c1-13(23(31)29-18(10-25)7-17-8-20(17)29)11-27-12-19-9-21(27)24(32)28(19)14(2)15-4-3-5-16(6-15)22(26)30/h3-6,13-14,17-21H,7-9,11-12H2,1-2H3,(H2,26,30)/t13-,14+,17+,18-,19-,20?,21-/m0/s1. The SMILES string of the molecule is C[C@H](c1cccc(C(N)=O)c1)N1C(=O)[C@@H]2C[C@H]1CN2C[C@H](C)C(=O)N1C2C[C@H]2C[C@H]1C#N. The topological polar surface area (TPSA) is 111 Å². The van der Waals surface area contributed by atoms with Crippen molar-refractivity contribution in [2.45, 2.75) is 63.3 Å². The lowest BCUT2D eigenvalue weighted by atomic mass is 10.0. The average molecular weight is 436 g/mol. The predicted octanol–water partition coefficient (Wildman–Crippen LogP) is 1.28. The lowest BCUT2D eigenvalue weighted by Gasteiger charge is -2.38. The van der Waals surface area contributed by atoms with Gasteiger partial charge in [0.05, 0.1) is 18.2 Å². The van der Waals surface area contributed by atoms with Gasteiger partial charge < -0.3 is 15.5 Å². The van der Waals surface area contributed by atoms with Gasteiger partial charge in [-0.3, -0.25) is 19.3 Å². The van der Waals surface area contributed by atoms with E-state index < -0.39 is 5.91 Å². The van der Waals surface area contributed by atoms with Crippen LogP contribution in [-0.2, 0) is 9.59 Å². The van der Waals surface area contributed by atoms with Crippen LogP contribution in [-0.4, -0.2) is 69.7 Å². The summed E-state index contributed by atoms with van der Waals surface area (Å²) >= 11 is 0. The van der Waals surface area contributed by atoms with Gasteiger partial charge in [-0.15, -0.1) is 0 Å². The van der Waals surface area contributed by atoms with Crippen LogP contribution in [0.15, 0.2) is 24.3 Å². The Hall–Kier alpha value is -2.92. The number of rotatable bonds is 6. The highest BCUT2D eigenvalue weighted by molar-refractivity contribution is 5.93. The summed E-state index contributed by atoms with van der Waals surface area (Å²) in [4.78, 5) is 43.7. The average Bonchev–Trinajstić information content (AvgIpc) is 3.11. The number of carbonyl (C=O) groups is 3. The third-order valence-corrected chi connectivity index (χ3v) is 7.82. The molecule has 5 rings (SSSR count). The number of primary amides is 1. The molecule has 7 atom stereocenters. The Morgan fingerprint density at radius 3 is 2.72 bits per heavy atom. The van der Waals surface area contributed by atoms with E-state index in [1.165, 1.54) is 0 Å². The van der Waals surface area contributed by atoms with Crippen LogP contribution in [0.4, 0.5) is 0 Å². The first kappa shape index (κ1) is 21.0. The Kier molecular flexibility index (Phi) is 4.97. The van der Waals surface area contributed by atoms with Gasteiger partial charge in [-0.05, 0) is 49.8 Å². The Balaban J connectivity index is 1.24. The van der Waals surface area contributed by atoms with Crippen LogP contribution in [0, 0.1) is 23.2 Å². The molecule has 3 saturated heterocycles. The molecule has 1 saturated carbocycles. The largest absolute Gasteiger partial charge is 0.366 e. The third-order valence-electron chi connectivity index (χ3n) is 7.82. The number of nitrogens with zero attached hydrogens (tertiary/aromatic N) is 4. The monoisotopic (exact) mass is 435 g/mol. The predicted molar refractivity (Wildman–Crippen MR) is 116 cm³/mol. The Labute approximate surface area is 187 Å². The normalized spacial score (nSPS) is 32.5. The summed E-state index contributed by atoms with van der Waals surface area (Å²) < 4.78 is 0. The number of hydrogen-bond acceptors (Lipinski definition) is 5. The molecule has 3 heterocycles. The smallest absolute Gasteiger partial charge is 0.248 e. The zero-order valence-electron chi connectivity index (χ0n) is 18.5. The number of piperazine rings is 1. The zero-order chi connectivity index (χ0) is 22.7. The summed E-state index contributed by atoms with van der Waals surface area (Å²) in [6.07, 6.45) is 2.58. The van der Waals surface area contributed by atoms with E-state index in [4.69, 9.17) is 5.73 Å². The first-order valence-corrected chi connectivity index (χ1v) is 11.5. The van der Waals surface area contributed by atoms with Crippen molar-refractivity contribution in [3.8, 4) is 6.07 Å². The number of amides is 3. The molecule has 1 unspecified atom stereocenters. The first-order valence-electron chi connectivity index (χ1n) is 11.5. The lowest BCUT2D eigenvalue weighted by Crippen LogP contribution is -2.53. The molecule has 8 nitrogen and oxygen atoms in total. The van der Waals surface area contributed by atoms with E-state index in [2.05, 4.69) is 11.0 Å². The van der Waals surface area contributed by atoms with Crippen LogP contribution < -0.4 is 5.73 Å². The summed E-state index contributed by atoms with van der Waals surface area (Å²) in [6, 6.07) is 9.12. The molecule has 1 aliphatic carbocycles. The van der Waals surface area contributed by atoms with Crippen molar-refractivity contribution < 1.29 is 14.4 Å². The maximum Gasteiger partial charge on any atom is 0.248 e. The van der Waals surface area contributed by atoms with Crippen molar-refractivity contribution in [1.29, 1.82) is 5.26 Å². The van der Waals surface area contributed by atoms with E-state index in [0.29, 0.717) is 18.0 Å². The quantitative estimate of drug-likeness (QED) is 0.724. The fourth-order valence-corrected chi connectivity index (χ4v) is 6.08. The third kappa shape index (κ3) is 3.27. The molecular weight excluding hydrogens is 406 g/mol. The van der Waals surface area contributed by atoms with Crippen LogP contribution in [0.3, 0.4) is 0 Å². The minimum Gasteiger partial charge on any atom is -0.366 e. The summed E-state index contributed by atoms with van der Waals surface area (Å²) in [5, 5.41) is 9.40. The Morgan fingerprint density at radius 1 is 1.25 bits per heavy atom. The minimum atomic E-state index is -0.479. The number of carbonyl (C=O) groups excluding carboxylic acids is 3. The van der Waals surface area contributed by atoms with Gasteiger partial charge >= 0.3 is 0 Å². The molecule has 8 heteroatoms. The number of hydrogen-bond donors (Lipinski definition) is 1. The van der Waals surface area contributed by atoms with Gasteiger partial charge in [0, 0.05) is 36.7 Å². The van der Waals surface area contributed by atoms with Crippen molar-refractivity contribution in [3.05, 3.63) is 35.4 Å². The number of likely N-dealkylation sites (tertiary alicyclic amines) is 3. The molecule has 1 aromatic rings. The minimum absolute atomic E-state index is 0.0465. The number of benzene rings is 1. The molecule has 4 fully saturated rings. The highest BCUT2D eigenvalue weighted by atomic mass is 16.2. The second-order valence-electron chi connectivity index (χ2n) is 9.86. The second-order valence-corrected chi connectivity index (χ2v) is 9.86. The highest BCUT2D eigenvalue weighted by Gasteiger charge is 2.55. The van der Waals surface area contributed by atoms with Crippen LogP contribution in [0.2, 0.25) is 0 Å². The molecule has 0 aromatic heterocycles. The summed E-state index contributed by atoms with van der Waals surface area (Å²) in [5.74, 6) is -0.0902. The van der Waals surface area contributed by atoms with E-state index in [-0.39, 0.29) is 47.9 Å². The van der Waals surface area contributed by atoms with Crippen molar-refractivity contribution in [2.24, 2.45) is 17.6 Å². The summed E-state index contributed by atoms with van der Waals surface area (Å²) in [5.41, 5.74) is 6.75. The Morgan fingerprint density at radius 2 is 2.03 bits per heavy atom. The molecule has 3 aliphatic heterocycles. The van der Waals surface area contributed by atoms with Crippen LogP contribution in [0.25, 0.3) is 0 Å². The van der Waals surface area contributed by atoms with Gasteiger partial charge in [0.15, 0.2) is 0 Å². The molecule has 3 amide bonds. The number of nitrogens with two attached hydrogens (primary N) is 1. The van der Waals surface area contributed by atoms with E-state index in [0.717, 1.165) is 31.4 Å². The molecule has 32 heavy (non-hydrogen) atoms. The van der Waals surface area contributed by atoms with Crippen molar-refractivity contribution in [1.82, 2.24) is 14.7 Å². The molecule has 0 spiro atoms. The van der Waals surface area contributed by atoms with Gasteiger partial charge in [-0.25, -0.2) is 0 Å². The molecular formula is C24H29N5O3. The molecule has 0 radical (unpaired) electrons. The molecule has 2 bridgehead atoms. The summed E-state index contributed by atoms with van der Waals surface area (Å²) in [7, 11) is 0. The number of fused-ring (bicyclic) bond motifs is 3. The van der Waals surface area contributed by atoms with Crippen molar-refractivity contribution in [3.63, 3.8) is 0 Å². The van der Waals surface area contributed by atoms with Crippen LogP contribution in [0.1, 0.15) is 55.1 Å².